The first kappa shape index (κ1) is 18.4. The number of nitrogens with one attached hydrogen (secondary N) is 1. The number of hydrogen-bond donors (Lipinski definition) is 1. The lowest BCUT2D eigenvalue weighted by Crippen LogP contribution is -2.34. The van der Waals surface area contributed by atoms with Gasteiger partial charge < -0.3 is 10.1 Å². The van der Waals surface area contributed by atoms with Gasteiger partial charge in [0.15, 0.2) is 11.6 Å². The highest BCUT2D eigenvalue weighted by Crippen LogP contribution is 2.19. The van der Waals surface area contributed by atoms with Gasteiger partial charge in [-0.25, -0.2) is 4.39 Å². The molecular weight excluding hydrogens is 331 g/mol. The van der Waals surface area contributed by atoms with Gasteiger partial charge in [-0.3, -0.25) is 9.69 Å². The Morgan fingerprint density at radius 2 is 2.04 bits per heavy atom. The maximum atomic E-state index is 13.7. The van der Waals surface area contributed by atoms with Crippen molar-refractivity contribution in [3.8, 4) is 5.75 Å². The second kappa shape index (κ2) is 8.81. The summed E-state index contributed by atoms with van der Waals surface area (Å²) in [5, 5.41) is 2.92. The van der Waals surface area contributed by atoms with E-state index in [2.05, 4.69) is 34.5 Å². The first-order valence-corrected chi connectivity index (χ1v) is 9.04. The third-order valence-electron chi connectivity index (χ3n) is 4.76. The van der Waals surface area contributed by atoms with Crippen LogP contribution in [0.25, 0.3) is 0 Å². The number of ether oxygens (including phenoxy) is 1. The molecule has 0 unspecified atom stereocenters. The molecular formula is C21H25FN2O2. The molecule has 0 atom stereocenters. The number of carbonyl (C=O) groups is 1. The zero-order chi connectivity index (χ0) is 18.4. The highest BCUT2D eigenvalue weighted by Gasteiger charge is 2.15. The zero-order valence-corrected chi connectivity index (χ0v) is 15.1. The lowest BCUT2D eigenvalue weighted by atomic mass is 10.00. The molecule has 0 aromatic heterocycles. The predicted octanol–water partition coefficient (Wildman–Crippen LogP) is 2.94. The number of carbonyl (C=O) groups excluding carboxylic acids is 1. The molecule has 26 heavy (non-hydrogen) atoms. The van der Waals surface area contributed by atoms with Crippen LogP contribution >= 0.6 is 0 Å². The molecule has 0 saturated carbocycles. The number of methoxy groups -OCH3 is 1. The fourth-order valence-electron chi connectivity index (χ4n) is 3.34. The molecule has 138 valence electrons. The molecule has 0 bridgehead atoms. The van der Waals surface area contributed by atoms with Gasteiger partial charge in [-0.05, 0) is 41.7 Å². The van der Waals surface area contributed by atoms with E-state index in [1.54, 1.807) is 12.1 Å². The highest BCUT2D eigenvalue weighted by atomic mass is 19.1. The summed E-state index contributed by atoms with van der Waals surface area (Å²) in [5.41, 5.74) is 3.50. The smallest absolute Gasteiger partial charge is 0.224 e. The average Bonchev–Trinajstić information content (AvgIpc) is 2.65. The summed E-state index contributed by atoms with van der Waals surface area (Å²) in [5.74, 6) is -0.334. The minimum absolute atomic E-state index is 0.0847. The molecule has 2 aromatic rings. The summed E-state index contributed by atoms with van der Waals surface area (Å²) in [7, 11) is 1.42. The van der Waals surface area contributed by atoms with Crippen LogP contribution in [-0.2, 0) is 24.2 Å². The molecule has 4 nitrogen and oxygen atoms in total. The van der Waals surface area contributed by atoms with E-state index in [0.717, 1.165) is 32.5 Å². The number of benzene rings is 2. The first-order valence-electron chi connectivity index (χ1n) is 9.04. The van der Waals surface area contributed by atoms with E-state index in [9.17, 15) is 9.18 Å². The van der Waals surface area contributed by atoms with E-state index in [4.69, 9.17) is 4.74 Å². The SMILES string of the molecule is COc1ccc(CC(=O)NCCCN2CCc3ccccc3C2)cc1F. The predicted molar refractivity (Wildman–Crippen MR) is 99.7 cm³/mol. The second-order valence-corrected chi connectivity index (χ2v) is 6.64. The summed E-state index contributed by atoms with van der Waals surface area (Å²) in [4.78, 5) is 14.4. The number of fused-ring (bicyclic) bond motifs is 1. The Labute approximate surface area is 154 Å². The molecule has 2 aromatic carbocycles. The Hall–Kier alpha value is -2.40. The third-order valence-corrected chi connectivity index (χ3v) is 4.76. The van der Waals surface area contributed by atoms with Gasteiger partial charge in [-0.15, -0.1) is 0 Å². The highest BCUT2D eigenvalue weighted by molar-refractivity contribution is 5.78. The quantitative estimate of drug-likeness (QED) is 0.776. The van der Waals surface area contributed by atoms with Gasteiger partial charge >= 0.3 is 0 Å². The molecule has 1 aliphatic heterocycles. The fourth-order valence-corrected chi connectivity index (χ4v) is 3.34. The molecule has 1 N–H and O–H groups in total. The Morgan fingerprint density at radius 1 is 1.23 bits per heavy atom. The third kappa shape index (κ3) is 4.82. The monoisotopic (exact) mass is 356 g/mol. The van der Waals surface area contributed by atoms with Crippen LogP contribution in [0.15, 0.2) is 42.5 Å². The fraction of sp³-hybridized carbons (Fsp3) is 0.381. The first-order chi connectivity index (χ1) is 12.7. The van der Waals surface area contributed by atoms with Crippen LogP contribution in [0.4, 0.5) is 4.39 Å². The largest absolute Gasteiger partial charge is 0.494 e. The topological polar surface area (TPSA) is 41.6 Å². The van der Waals surface area contributed by atoms with Crippen LogP contribution in [0.2, 0.25) is 0 Å². The maximum absolute atomic E-state index is 13.7. The van der Waals surface area contributed by atoms with Crippen molar-refractivity contribution >= 4 is 5.91 Å². The number of rotatable bonds is 7. The normalized spacial score (nSPS) is 13.9. The van der Waals surface area contributed by atoms with Gasteiger partial charge in [0, 0.05) is 26.2 Å². The molecule has 0 radical (unpaired) electrons. The van der Waals surface area contributed by atoms with Gasteiger partial charge in [-0.1, -0.05) is 30.3 Å². The van der Waals surface area contributed by atoms with E-state index >= 15 is 0 Å². The summed E-state index contributed by atoms with van der Waals surface area (Å²) in [6.07, 6.45) is 2.18. The lowest BCUT2D eigenvalue weighted by molar-refractivity contribution is -0.120. The Kier molecular flexibility index (Phi) is 6.23. The zero-order valence-electron chi connectivity index (χ0n) is 15.1. The number of halogens is 1. The van der Waals surface area contributed by atoms with Crippen LogP contribution in [0.3, 0.4) is 0 Å². The van der Waals surface area contributed by atoms with Crippen molar-refractivity contribution in [1.82, 2.24) is 10.2 Å². The van der Waals surface area contributed by atoms with Crippen LogP contribution in [-0.4, -0.2) is 37.6 Å². The van der Waals surface area contributed by atoms with E-state index < -0.39 is 5.82 Å². The molecule has 1 amide bonds. The van der Waals surface area contributed by atoms with Crippen molar-refractivity contribution < 1.29 is 13.9 Å². The molecule has 0 aliphatic carbocycles. The molecule has 0 spiro atoms. The summed E-state index contributed by atoms with van der Waals surface area (Å²) in [6, 6.07) is 13.2. The average molecular weight is 356 g/mol. The van der Waals surface area contributed by atoms with Gasteiger partial charge in [0.2, 0.25) is 5.91 Å². The van der Waals surface area contributed by atoms with E-state index in [-0.39, 0.29) is 18.1 Å². The van der Waals surface area contributed by atoms with Crippen molar-refractivity contribution in [3.05, 3.63) is 65.0 Å². The van der Waals surface area contributed by atoms with E-state index in [0.29, 0.717) is 12.1 Å². The van der Waals surface area contributed by atoms with Crippen molar-refractivity contribution in [2.24, 2.45) is 0 Å². The van der Waals surface area contributed by atoms with Crippen LogP contribution in [0.5, 0.6) is 5.75 Å². The minimum atomic E-state index is -0.442. The van der Waals surface area contributed by atoms with Crippen molar-refractivity contribution in [1.29, 1.82) is 0 Å². The molecule has 0 fully saturated rings. The second-order valence-electron chi connectivity index (χ2n) is 6.64. The van der Waals surface area contributed by atoms with Gasteiger partial charge in [0.05, 0.1) is 13.5 Å². The Bertz CT molecular complexity index is 763. The number of hydrogen-bond acceptors (Lipinski definition) is 3. The van der Waals surface area contributed by atoms with Crippen molar-refractivity contribution in [3.63, 3.8) is 0 Å². The van der Waals surface area contributed by atoms with Gasteiger partial charge in [0.1, 0.15) is 0 Å². The standard InChI is InChI=1S/C21H25FN2O2/c1-26-20-8-7-16(13-19(20)22)14-21(25)23-10-4-11-24-12-9-17-5-2-3-6-18(17)15-24/h2-3,5-8,13H,4,9-12,14-15H2,1H3,(H,23,25). The summed E-state index contributed by atoms with van der Waals surface area (Å²) >= 11 is 0. The van der Waals surface area contributed by atoms with E-state index in [1.807, 2.05) is 0 Å². The number of nitrogens with zero attached hydrogens (tertiary/aromatic N) is 1. The van der Waals surface area contributed by atoms with E-state index in [1.165, 1.54) is 24.3 Å². The van der Waals surface area contributed by atoms with Crippen LogP contribution < -0.4 is 10.1 Å². The molecule has 5 heteroatoms. The van der Waals surface area contributed by atoms with Gasteiger partial charge in [-0.2, -0.15) is 0 Å². The van der Waals surface area contributed by atoms with Crippen molar-refractivity contribution in [2.45, 2.75) is 25.8 Å². The number of amides is 1. The maximum Gasteiger partial charge on any atom is 0.224 e. The minimum Gasteiger partial charge on any atom is -0.494 e. The summed E-state index contributed by atoms with van der Waals surface area (Å²) < 4.78 is 18.5. The molecule has 1 heterocycles. The molecule has 1 aliphatic rings. The molecule has 0 saturated heterocycles. The van der Waals surface area contributed by atoms with Crippen LogP contribution in [0.1, 0.15) is 23.1 Å². The lowest BCUT2D eigenvalue weighted by Gasteiger charge is -2.28. The summed E-state index contributed by atoms with van der Waals surface area (Å²) in [6.45, 7) is 3.65. The molecule has 3 rings (SSSR count). The van der Waals surface area contributed by atoms with Gasteiger partial charge in [0.25, 0.3) is 0 Å². The Morgan fingerprint density at radius 3 is 2.81 bits per heavy atom. The van der Waals surface area contributed by atoms with Crippen molar-refractivity contribution in [2.75, 3.05) is 26.7 Å². The Balaban J connectivity index is 1.37. The van der Waals surface area contributed by atoms with Crippen LogP contribution in [0, 0.1) is 5.82 Å².